The summed E-state index contributed by atoms with van der Waals surface area (Å²) in [5, 5.41) is 1.65. The molecule has 4 heteroatoms. The lowest BCUT2D eigenvalue weighted by molar-refractivity contribution is 0.630. The number of nitrogens with zero attached hydrogens (tertiary/aromatic N) is 3. The fraction of sp³-hybridized carbons (Fsp3) is 0. The van der Waals surface area contributed by atoms with Gasteiger partial charge in [0.1, 0.15) is 5.82 Å². The molecule has 0 aliphatic heterocycles. The maximum absolute atomic E-state index is 13.9. The lowest BCUT2D eigenvalue weighted by Gasteiger charge is -2.08. The zero-order chi connectivity index (χ0) is 14.2. The monoisotopic (exact) mass is 275 g/mol. The van der Waals surface area contributed by atoms with Gasteiger partial charge in [0.25, 0.3) is 0 Å². The highest BCUT2D eigenvalue weighted by molar-refractivity contribution is 6.01. The maximum Gasteiger partial charge on any atom is 0.124 e. The van der Waals surface area contributed by atoms with Crippen molar-refractivity contribution < 1.29 is 4.39 Å². The Balaban J connectivity index is 2.14. The average molecular weight is 275 g/mol. The zero-order valence-electron chi connectivity index (χ0n) is 11.0. The van der Waals surface area contributed by atoms with E-state index >= 15 is 0 Å². The van der Waals surface area contributed by atoms with Crippen LogP contribution in [0, 0.1) is 5.82 Å². The van der Waals surface area contributed by atoms with Crippen molar-refractivity contribution in [3.05, 3.63) is 66.9 Å². The third-order valence-corrected chi connectivity index (χ3v) is 3.45. The molecule has 4 rings (SSSR count). The van der Waals surface area contributed by atoms with Crippen LogP contribution in [-0.4, -0.2) is 15.0 Å². The van der Waals surface area contributed by atoms with Crippen molar-refractivity contribution in [2.45, 2.75) is 0 Å². The summed E-state index contributed by atoms with van der Waals surface area (Å²) in [5.41, 5.74) is 2.95. The predicted octanol–water partition coefficient (Wildman–Crippen LogP) is 3.98. The lowest BCUT2D eigenvalue weighted by atomic mass is 10.0. The van der Waals surface area contributed by atoms with Crippen molar-refractivity contribution in [1.29, 1.82) is 0 Å². The molecule has 0 saturated heterocycles. The number of hydrogen-bond donors (Lipinski definition) is 0. The molecule has 0 unspecified atom stereocenters. The molecular formula is C17H10FN3. The van der Waals surface area contributed by atoms with E-state index in [0.29, 0.717) is 11.3 Å². The van der Waals surface area contributed by atoms with Crippen molar-refractivity contribution in [2.24, 2.45) is 0 Å². The molecule has 0 saturated carbocycles. The Bertz CT molecular complexity index is 961. The first-order valence-corrected chi connectivity index (χ1v) is 6.57. The molecule has 0 bridgehead atoms. The number of aromatic nitrogens is 3. The Morgan fingerprint density at radius 1 is 0.810 bits per heavy atom. The summed E-state index contributed by atoms with van der Waals surface area (Å²) in [5.74, 6) is -0.298. The van der Waals surface area contributed by atoms with Gasteiger partial charge in [0.15, 0.2) is 0 Å². The number of benzene rings is 1. The summed E-state index contributed by atoms with van der Waals surface area (Å²) in [6, 6.07) is 12.2. The summed E-state index contributed by atoms with van der Waals surface area (Å²) >= 11 is 0. The maximum atomic E-state index is 13.9. The van der Waals surface area contributed by atoms with Crippen molar-refractivity contribution >= 4 is 21.8 Å². The van der Waals surface area contributed by atoms with Crippen LogP contribution >= 0.6 is 0 Å². The molecule has 0 fully saturated rings. The smallest absolute Gasteiger partial charge is 0.124 e. The van der Waals surface area contributed by atoms with E-state index < -0.39 is 0 Å². The lowest BCUT2D eigenvalue weighted by Crippen LogP contribution is -1.92. The van der Waals surface area contributed by atoms with Crippen LogP contribution in [0.2, 0.25) is 0 Å². The number of halogens is 1. The van der Waals surface area contributed by atoms with E-state index in [2.05, 4.69) is 15.0 Å². The Hall–Kier alpha value is -2.88. The van der Waals surface area contributed by atoms with Gasteiger partial charge in [-0.05, 0) is 36.4 Å². The molecule has 3 aromatic heterocycles. The second-order valence-corrected chi connectivity index (χ2v) is 4.76. The van der Waals surface area contributed by atoms with Crippen molar-refractivity contribution in [1.82, 2.24) is 15.0 Å². The van der Waals surface area contributed by atoms with E-state index in [4.69, 9.17) is 0 Å². The molecule has 4 aromatic rings. The highest BCUT2D eigenvalue weighted by atomic mass is 19.1. The Labute approximate surface area is 120 Å². The minimum absolute atomic E-state index is 0.298. The molecule has 3 heterocycles. The van der Waals surface area contributed by atoms with E-state index in [0.717, 1.165) is 21.8 Å². The van der Waals surface area contributed by atoms with Gasteiger partial charge >= 0.3 is 0 Å². The van der Waals surface area contributed by atoms with Gasteiger partial charge in [-0.25, -0.2) is 4.39 Å². The molecule has 0 spiro atoms. The first kappa shape index (κ1) is 11.9. The van der Waals surface area contributed by atoms with Crippen LogP contribution in [0.1, 0.15) is 0 Å². The molecule has 0 atom stereocenters. The number of fused-ring (bicyclic) bond motifs is 2. The van der Waals surface area contributed by atoms with Gasteiger partial charge in [0.05, 0.1) is 16.7 Å². The van der Waals surface area contributed by atoms with Crippen molar-refractivity contribution in [3.63, 3.8) is 0 Å². The molecule has 0 N–H and O–H groups in total. The Kier molecular flexibility index (Phi) is 2.60. The molecule has 100 valence electrons. The molecule has 21 heavy (non-hydrogen) atoms. The van der Waals surface area contributed by atoms with Crippen LogP contribution in [0.3, 0.4) is 0 Å². The summed E-state index contributed by atoms with van der Waals surface area (Å²) in [7, 11) is 0. The van der Waals surface area contributed by atoms with Gasteiger partial charge < -0.3 is 0 Å². The van der Waals surface area contributed by atoms with Gasteiger partial charge in [-0.1, -0.05) is 6.07 Å². The molecule has 3 nitrogen and oxygen atoms in total. The SMILES string of the molecule is Fc1cc(-c2nccc3ncccc23)c2ncccc2c1. The molecule has 0 aliphatic rings. The van der Waals surface area contributed by atoms with E-state index in [1.807, 2.05) is 24.3 Å². The van der Waals surface area contributed by atoms with Gasteiger partial charge in [-0.15, -0.1) is 0 Å². The summed E-state index contributed by atoms with van der Waals surface area (Å²) < 4.78 is 13.9. The molecule has 0 amide bonds. The molecule has 0 radical (unpaired) electrons. The fourth-order valence-electron chi connectivity index (χ4n) is 2.55. The molecular weight excluding hydrogens is 265 g/mol. The highest BCUT2D eigenvalue weighted by Crippen LogP contribution is 2.31. The van der Waals surface area contributed by atoms with Gasteiger partial charge in [-0.2, -0.15) is 0 Å². The first-order chi connectivity index (χ1) is 10.3. The number of rotatable bonds is 1. The fourth-order valence-corrected chi connectivity index (χ4v) is 2.55. The normalized spacial score (nSPS) is 11.1. The summed E-state index contributed by atoms with van der Waals surface area (Å²) in [6.45, 7) is 0. The summed E-state index contributed by atoms with van der Waals surface area (Å²) in [4.78, 5) is 13.1. The van der Waals surface area contributed by atoms with Crippen LogP contribution in [0.4, 0.5) is 4.39 Å². The third kappa shape index (κ3) is 1.92. The summed E-state index contributed by atoms with van der Waals surface area (Å²) in [6.07, 6.45) is 5.12. The van der Waals surface area contributed by atoms with Crippen molar-refractivity contribution in [3.8, 4) is 11.3 Å². The van der Waals surface area contributed by atoms with Crippen LogP contribution in [0.5, 0.6) is 0 Å². The van der Waals surface area contributed by atoms with Crippen LogP contribution in [0.25, 0.3) is 33.1 Å². The quantitative estimate of drug-likeness (QED) is 0.527. The largest absolute Gasteiger partial charge is 0.256 e. The number of hydrogen-bond acceptors (Lipinski definition) is 3. The Morgan fingerprint density at radius 3 is 2.62 bits per heavy atom. The second-order valence-electron chi connectivity index (χ2n) is 4.76. The third-order valence-electron chi connectivity index (χ3n) is 3.45. The minimum atomic E-state index is -0.298. The van der Waals surface area contributed by atoms with Gasteiger partial charge in [0, 0.05) is 34.9 Å². The molecule has 1 aromatic carbocycles. The zero-order valence-corrected chi connectivity index (χ0v) is 11.0. The minimum Gasteiger partial charge on any atom is -0.256 e. The van der Waals surface area contributed by atoms with Gasteiger partial charge in [-0.3, -0.25) is 15.0 Å². The standard InChI is InChI=1S/C17H10FN3/c18-12-9-11-3-1-7-20-16(11)14(10-12)17-13-4-2-6-19-15(13)5-8-21-17/h1-10H. The van der Waals surface area contributed by atoms with E-state index in [-0.39, 0.29) is 5.82 Å². The molecule has 0 aliphatic carbocycles. The Morgan fingerprint density at radius 2 is 1.67 bits per heavy atom. The topological polar surface area (TPSA) is 38.7 Å². The van der Waals surface area contributed by atoms with E-state index in [1.54, 1.807) is 24.7 Å². The number of pyridine rings is 3. The predicted molar refractivity (Wildman–Crippen MR) is 80.2 cm³/mol. The van der Waals surface area contributed by atoms with Gasteiger partial charge in [0.2, 0.25) is 0 Å². The highest BCUT2D eigenvalue weighted by Gasteiger charge is 2.12. The average Bonchev–Trinajstić information content (AvgIpc) is 2.53. The van der Waals surface area contributed by atoms with E-state index in [1.165, 1.54) is 12.1 Å². The van der Waals surface area contributed by atoms with Crippen LogP contribution < -0.4 is 0 Å². The van der Waals surface area contributed by atoms with E-state index in [9.17, 15) is 4.39 Å². The van der Waals surface area contributed by atoms with Crippen LogP contribution in [-0.2, 0) is 0 Å². The second kappa shape index (κ2) is 4.59. The van der Waals surface area contributed by atoms with Crippen molar-refractivity contribution in [2.75, 3.05) is 0 Å². The first-order valence-electron chi connectivity index (χ1n) is 6.57. The van der Waals surface area contributed by atoms with Crippen LogP contribution in [0.15, 0.2) is 61.1 Å².